The Hall–Kier alpha value is -2.54. The first-order chi connectivity index (χ1) is 12.8. The van der Waals surface area contributed by atoms with Gasteiger partial charge in [-0.2, -0.15) is 0 Å². The fourth-order valence-corrected chi connectivity index (χ4v) is 3.83. The lowest BCUT2D eigenvalue weighted by Gasteiger charge is -2.11. The number of nitrogens with one attached hydrogen (secondary N) is 1. The van der Waals surface area contributed by atoms with Gasteiger partial charge in [-0.1, -0.05) is 12.1 Å². The fraction of sp³-hybridized carbons (Fsp3) is 0.350. The number of carbonyl (C=O) groups is 3. The van der Waals surface area contributed by atoms with Crippen molar-refractivity contribution in [3.63, 3.8) is 0 Å². The third-order valence-electron chi connectivity index (χ3n) is 4.47. The standard InChI is InChI=1S/C20H20FNO4S/c1-11(19(24)18-8-7-15(27-18)10-22-12(2)23)26-20(25)17-9-16(17)13-3-5-14(21)6-4-13/h3-8,11,16-17H,9-10H2,1-2H3,(H,22,23). The fourth-order valence-electron chi connectivity index (χ4n) is 2.87. The lowest BCUT2D eigenvalue weighted by atomic mass is 10.1. The third kappa shape index (κ3) is 4.80. The molecule has 1 aromatic carbocycles. The molecule has 0 saturated heterocycles. The van der Waals surface area contributed by atoms with Crippen LogP contribution >= 0.6 is 11.3 Å². The minimum atomic E-state index is -0.876. The summed E-state index contributed by atoms with van der Waals surface area (Å²) in [5.41, 5.74) is 0.901. The Labute approximate surface area is 160 Å². The van der Waals surface area contributed by atoms with Gasteiger partial charge in [0.15, 0.2) is 6.10 Å². The van der Waals surface area contributed by atoms with E-state index in [-0.39, 0.29) is 29.3 Å². The number of ketones is 1. The average Bonchev–Trinajstić information content (AvgIpc) is 3.30. The molecule has 5 nitrogen and oxygen atoms in total. The summed E-state index contributed by atoms with van der Waals surface area (Å²) in [6.45, 7) is 3.35. The highest BCUT2D eigenvalue weighted by Gasteiger charge is 2.46. The second-order valence-electron chi connectivity index (χ2n) is 6.62. The Morgan fingerprint density at radius 1 is 1.22 bits per heavy atom. The minimum Gasteiger partial charge on any atom is -0.454 e. The van der Waals surface area contributed by atoms with Crippen molar-refractivity contribution in [3.8, 4) is 0 Å². The lowest BCUT2D eigenvalue weighted by molar-refractivity contribution is -0.148. The van der Waals surface area contributed by atoms with Gasteiger partial charge in [-0.25, -0.2) is 4.39 Å². The van der Waals surface area contributed by atoms with E-state index in [4.69, 9.17) is 4.74 Å². The molecule has 0 radical (unpaired) electrons. The van der Waals surface area contributed by atoms with Crippen LogP contribution < -0.4 is 5.32 Å². The number of Topliss-reactive ketones (excluding diaryl/α,β-unsaturated/α-hetero) is 1. The Balaban J connectivity index is 1.53. The van der Waals surface area contributed by atoms with E-state index >= 15 is 0 Å². The Morgan fingerprint density at radius 3 is 2.59 bits per heavy atom. The molecule has 1 N–H and O–H groups in total. The van der Waals surface area contributed by atoms with Crippen LogP contribution in [0.5, 0.6) is 0 Å². The number of hydrogen-bond donors (Lipinski definition) is 1. The quantitative estimate of drug-likeness (QED) is 0.582. The highest BCUT2D eigenvalue weighted by atomic mass is 32.1. The number of rotatable bonds is 7. The maximum atomic E-state index is 13.0. The molecule has 1 aliphatic rings. The number of thiophene rings is 1. The first kappa shape index (κ1) is 19.2. The predicted molar refractivity (Wildman–Crippen MR) is 99.0 cm³/mol. The van der Waals surface area contributed by atoms with Crippen molar-refractivity contribution in [2.75, 3.05) is 0 Å². The summed E-state index contributed by atoms with van der Waals surface area (Å²) >= 11 is 1.27. The van der Waals surface area contributed by atoms with Crippen LogP contribution in [0.25, 0.3) is 0 Å². The van der Waals surface area contributed by atoms with Crippen molar-refractivity contribution in [3.05, 3.63) is 57.5 Å². The highest BCUT2D eigenvalue weighted by Crippen LogP contribution is 2.48. The van der Waals surface area contributed by atoms with Gasteiger partial charge in [0.2, 0.25) is 11.7 Å². The Morgan fingerprint density at radius 2 is 1.93 bits per heavy atom. The first-order valence-electron chi connectivity index (χ1n) is 8.68. The van der Waals surface area contributed by atoms with Crippen LogP contribution in [0.1, 0.15) is 46.3 Å². The molecule has 3 unspecified atom stereocenters. The number of carbonyl (C=O) groups excluding carboxylic acids is 3. The molecule has 142 valence electrons. The topological polar surface area (TPSA) is 72.5 Å². The van der Waals surface area contributed by atoms with E-state index in [1.807, 2.05) is 0 Å². The van der Waals surface area contributed by atoms with E-state index in [1.165, 1.54) is 30.4 Å². The zero-order valence-corrected chi connectivity index (χ0v) is 15.8. The van der Waals surface area contributed by atoms with Crippen LogP contribution in [0, 0.1) is 11.7 Å². The molecule has 3 atom stereocenters. The third-order valence-corrected chi connectivity index (χ3v) is 5.57. The summed E-state index contributed by atoms with van der Waals surface area (Å²) in [5, 5.41) is 2.67. The molecular weight excluding hydrogens is 369 g/mol. The number of halogens is 1. The van der Waals surface area contributed by atoms with Crippen molar-refractivity contribution < 1.29 is 23.5 Å². The second-order valence-corrected chi connectivity index (χ2v) is 7.79. The van der Waals surface area contributed by atoms with Gasteiger partial charge in [0, 0.05) is 11.8 Å². The molecule has 2 aromatic rings. The SMILES string of the molecule is CC(=O)NCc1ccc(C(=O)C(C)OC(=O)C2CC2c2ccc(F)cc2)s1. The van der Waals surface area contributed by atoms with Gasteiger partial charge in [-0.3, -0.25) is 14.4 Å². The van der Waals surface area contributed by atoms with Gasteiger partial charge in [-0.05, 0) is 49.1 Å². The zero-order chi connectivity index (χ0) is 19.6. The van der Waals surface area contributed by atoms with Gasteiger partial charge >= 0.3 is 5.97 Å². The van der Waals surface area contributed by atoms with Crippen molar-refractivity contribution in [1.82, 2.24) is 5.32 Å². The second kappa shape index (κ2) is 8.00. The zero-order valence-electron chi connectivity index (χ0n) is 15.0. The maximum absolute atomic E-state index is 13.0. The number of ether oxygens (including phenoxy) is 1. The van der Waals surface area contributed by atoms with Gasteiger partial charge in [-0.15, -0.1) is 11.3 Å². The summed E-state index contributed by atoms with van der Waals surface area (Å²) in [6, 6.07) is 9.53. The molecule has 0 spiro atoms. The molecular formula is C20H20FNO4S. The van der Waals surface area contributed by atoms with E-state index in [0.717, 1.165) is 10.4 Å². The first-order valence-corrected chi connectivity index (χ1v) is 9.50. The monoisotopic (exact) mass is 389 g/mol. The molecule has 1 amide bonds. The van der Waals surface area contributed by atoms with Crippen molar-refractivity contribution >= 4 is 29.0 Å². The van der Waals surface area contributed by atoms with E-state index in [1.54, 1.807) is 31.2 Å². The molecule has 0 bridgehead atoms. The molecule has 1 saturated carbocycles. The number of esters is 1. The van der Waals surface area contributed by atoms with Crippen LogP contribution in [-0.4, -0.2) is 23.8 Å². The van der Waals surface area contributed by atoms with Gasteiger partial charge in [0.25, 0.3) is 0 Å². The summed E-state index contributed by atoms with van der Waals surface area (Å²) in [5.74, 6) is -1.39. The van der Waals surface area contributed by atoms with Crippen LogP contribution in [0.2, 0.25) is 0 Å². The van der Waals surface area contributed by atoms with E-state index in [0.29, 0.717) is 17.8 Å². The lowest BCUT2D eigenvalue weighted by Crippen LogP contribution is -2.24. The predicted octanol–water partition coefficient (Wildman–Crippen LogP) is 3.44. The summed E-state index contributed by atoms with van der Waals surface area (Å²) < 4.78 is 18.3. The normalized spacial score (nSPS) is 19.2. The molecule has 1 fully saturated rings. The highest BCUT2D eigenvalue weighted by molar-refractivity contribution is 7.14. The number of amides is 1. The van der Waals surface area contributed by atoms with Gasteiger partial charge < -0.3 is 10.1 Å². The number of benzene rings is 1. The molecule has 3 rings (SSSR count). The molecule has 27 heavy (non-hydrogen) atoms. The number of hydrogen-bond acceptors (Lipinski definition) is 5. The molecule has 1 aliphatic carbocycles. The van der Waals surface area contributed by atoms with E-state index in [2.05, 4.69) is 5.32 Å². The molecule has 0 aliphatic heterocycles. The molecule has 1 heterocycles. The smallest absolute Gasteiger partial charge is 0.310 e. The minimum absolute atomic E-state index is 0.0198. The van der Waals surface area contributed by atoms with Gasteiger partial charge in [0.05, 0.1) is 17.3 Å². The summed E-state index contributed by atoms with van der Waals surface area (Å²) in [7, 11) is 0. The molecule has 1 aromatic heterocycles. The summed E-state index contributed by atoms with van der Waals surface area (Å²) in [6.07, 6.45) is -0.232. The largest absolute Gasteiger partial charge is 0.454 e. The maximum Gasteiger partial charge on any atom is 0.310 e. The Kier molecular flexibility index (Phi) is 5.70. The summed E-state index contributed by atoms with van der Waals surface area (Å²) in [4.78, 5) is 37.1. The van der Waals surface area contributed by atoms with Crippen molar-refractivity contribution in [2.24, 2.45) is 5.92 Å². The Bertz CT molecular complexity index is 861. The van der Waals surface area contributed by atoms with Crippen LogP contribution in [0.3, 0.4) is 0 Å². The van der Waals surface area contributed by atoms with Crippen molar-refractivity contribution in [2.45, 2.75) is 38.8 Å². The van der Waals surface area contributed by atoms with Crippen LogP contribution in [-0.2, 0) is 20.9 Å². The van der Waals surface area contributed by atoms with E-state index in [9.17, 15) is 18.8 Å². The van der Waals surface area contributed by atoms with E-state index < -0.39 is 12.1 Å². The van der Waals surface area contributed by atoms with Crippen LogP contribution in [0.15, 0.2) is 36.4 Å². The van der Waals surface area contributed by atoms with Gasteiger partial charge in [0.1, 0.15) is 5.82 Å². The van der Waals surface area contributed by atoms with Crippen molar-refractivity contribution in [1.29, 1.82) is 0 Å². The molecule has 7 heteroatoms. The van der Waals surface area contributed by atoms with Crippen LogP contribution in [0.4, 0.5) is 4.39 Å². The average molecular weight is 389 g/mol.